The number of fused-ring (bicyclic) bond motifs is 1. The number of ether oxygens (including phenoxy) is 1. The Morgan fingerprint density at radius 2 is 2.06 bits per heavy atom. The topological polar surface area (TPSA) is 99.2 Å². The van der Waals surface area contributed by atoms with Crippen molar-refractivity contribution >= 4 is 29.5 Å². The second-order valence-corrected chi connectivity index (χ2v) is 8.86. The van der Waals surface area contributed by atoms with Gasteiger partial charge in [-0.05, 0) is 54.8 Å². The minimum atomic E-state index is -1.11. The van der Waals surface area contributed by atoms with E-state index in [9.17, 15) is 19.5 Å². The molecule has 3 amide bonds. The maximum atomic E-state index is 12.9. The molecule has 2 N–H and O–H groups in total. The van der Waals surface area contributed by atoms with Gasteiger partial charge in [0.25, 0.3) is 5.91 Å². The molecule has 1 atom stereocenters. The first-order chi connectivity index (χ1) is 16.3. The minimum absolute atomic E-state index is 0.0895. The van der Waals surface area contributed by atoms with E-state index < -0.39 is 12.0 Å². The van der Waals surface area contributed by atoms with Gasteiger partial charge in [-0.3, -0.25) is 4.79 Å². The van der Waals surface area contributed by atoms with Gasteiger partial charge in [-0.15, -0.1) is 0 Å². The van der Waals surface area contributed by atoms with E-state index in [1.807, 2.05) is 12.1 Å². The van der Waals surface area contributed by atoms with Gasteiger partial charge in [-0.25, -0.2) is 9.59 Å². The van der Waals surface area contributed by atoms with E-state index in [2.05, 4.69) is 5.32 Å². The van der Waals surface area contributed by atoms with Gasteiger partial charge in [0.05, 0.1) is 18.2 Å². The average molecular weight is 484 g/mol. The maximum Gasteiger partial charge on any atom is 0.335 e. The van der Waals surface area contributed by atoms with Crippen LogP contribution < -0.4 is 10.1 Å². The minimum Gasteiger partial charge on any atom is -0.493 e. The Bertz CT molecular complexity index is 1180. The molecular formula is C25H26ClN3O5. The van der Waals surface area contributed by atoms with E-state index in [1.165, 1.54) is 4.90 Å². The van der Waals surface area contributed by atoms with Crippen molar-refractivity contribution in [2.45, 2.75) is 25.8 Å². The third-order valence-electron chi connectivity index (χ3n) is 6.11. The zero-order valence-electron chi connectivity index (χ0n) is 19.0. The Kier molecular flexibility index (Phi) is 6.79. The molecule has 34 heavy (non-hydrogen) atoms. The molecule has 0 spiro atoms. The number of nitrogens with zero attached hydrogens (tertiary/aromatic N) is 2. The molecule has 0 saturated heterocycles. The number of allylic oxidation sites excluding steroid dienone is 1. The first-order valence-electron chi connectivity index (χ1n) is 11.0. The molecule has 0 saturated carbocycles. The molecule has 2 aliphatic heterocycles. The van der Waals surface area contributed by atoms with Crippen LogP contribution >= 0.6 is 11.6 Å². The normalized spacial score (nSPS) is 17.2. The molecule has 0 bridgehead atoms. The fraction of sp³-hybridized carbons (Fsp3) is 0.320. The van der Waals surface area contributed by atoms with Crippen LogP contribution in [0.2, 0.25) is 5.02 Å². The summed E-state index contributed by atoms with van der Waals surface area (Å²) >= 11 is 6.15. The van der Waals surface area contributed by atoms with Crippen LogP contribution in [0.4, 0.5) is 4.79 Å². The molecule has 178 valence electrons. The number of halogens is 1. The number of aliphatic carboxylic acids is 1. The van der Waals surface area contributed by atoms with Crippen molar-refractivity contribution in [1.82, 2.24) is 15.1 Å². The van der Waals surface area contributed by atoms with E-state index in [-0.39, 0.29) is 24.1 Å². The number of carbonyl (C=O) groups excluding carboxylic acids is 2. The van der Waals surface area contributed by atoms with E-state index in [1.54, 1.807) is 49.2 Å². The third-order valence-corrected chi connectivity index (χ3v) is 6.35. The van der Waals surface area contributed by atoms with Gasteiger partial charge in [0.2, 0.25) is 0 Å². The van der Waals surface area contributed by atoms with Crippen molar-refractivity contribution in [3.8, 4) is 5.75 Å². The van der Waals surface area contributed by atoms with Crippen molar-refractivity contribution in [2.75, 3.05) is 26.7 Å². The number of carbonyl (C=O) groups is 3. The van der Waals surface area contributed by atoms with Gasteiger partial charge in [0.1, 0.15) is 5.75 Å². The number of nitrogens with one attached hydrogen (secondary N) is 1. The van der Waals surface area contributed by atoms with Crippen LogP contribution in [0.3, 0.4) is 0 Å². The molecule has 2 aliphatic rings. The zero-order valence-corrected chi connectivity index (χ0v) is 19.8. The van der Waals surface area contributed by atoms with Gasteiger partial charge in [0, 0.05) is 42.8 Å². The van der Waals surface area contributed by atoms with E-state index in [0.717, 1.165) is 17.7 Å². The fourth-order valence-corrected chi connectivity index (χ4v) is 4.63. The maximum absolute atomic E-state index is 12.9. The summed E-state index contributed by atoms with van der Waals surface area (Å²) in [5.74, 6) is -0.411. The summed E-state index contributed by atoms with van der Waals surface area (Å²) in [4.78, 5) is 40.9. The SMILES string of the molecule is CC1=C(C(=O)O)C(c2cccc(Cl)c2)N(CCCN(C)C(=O)c2ccc3c(c2)CCO3)C(=O)N1. The first kappa shape index (κ1) is 23.6. The lowest BCUT2D eigenvalue weighted by Crippen LogP contribution is -2.49. The molecule has 0 fully saturated rings. The lowest BCUT2D eigenvalue weighted by atomic mass is 9.93. The third kappa shape index (κ3) is 4.72. The highest BCUT2D eigenvalue weighted by atomic mass is 35.5. The number of hydrogen-bond donors (Lipinski definition) is 2. The molecule has 0 radical (unpaired) electrons. The highest BCUT2D eigenvalue weighted by molar-refractivity contribution is 6.30. The molecule has 2 aromatic carbocycles. The zero-order chi connectivity index (χ0) is 24.4. The summed E-state index contributed by atoms with van der Waals surface area (Å²) in [6.45, 7) is 2.84. The predicted molar refractivity (Wildman–Crippen MR) is 127 cm³/mol. The number of carboxylic acid groups (broad SMARTS) is 1. The van der Waals surface area contributed by atoms with Crippen molar-refractivity contribution in [2.24, 2.45) is 0 Å². The van der Waals surface area contributed by atoms with Crippen molar-refractivity contribution in [3.63, 3.8) is 0 Å². The van der Waals surface area contributed by atoms with Crippen molar-refractivity contribution in [1.29, 1.82) is 0 Å². The van der Waals surface area contributed by atoms with Crippen LogP contribution in [0.25, 0.3) is 0 Å². The summed E-state index contributed by atoms with van der Waals surface area (Å²) in [5.41, 5.74) is 2.62. The summed E-state index contributed by atoms with van der Waals surface area (Å²) in [6.07, 6.45) is 1.25. The highest BCUT2D eigenvalue weighted by Crippen LogP contribution is 2.35. The average Bonchev–Trinajstić information content (AvgIpc) is 3.27. The number of amides is 3. The largest absolute Gasteiger partial charge is 0.493 e. The van der Waals surface area contributed by atoms with Gasteiger partial charge < -0.3 is 25.0 Å². The summed E-state index contributed by atoms with van der Waals surface area (Å²) in [5, 5.41) is 13.0. The monoisotopic (exact) mass is 483 g/mol. The Morgan fingerprint density at radius 3 is 2.79 bits per heavy atom. The number of hydrogen-bond acceptors (Lipinski definition) is 4. The Morgan fingerprint density at radius 1 is 1.26 bits per heavy atom. The summed E-state index contributed by atoms with van der Waals surface area (Å²) < 4.78 is 5.50. The molecule has 1 unspecified atom stereocenters. The lowest BCUT2D eigenvalue weighted by molar-refractivity contribution is -0.133. The van der Waals surface area contributed by atoms with E-state index in [0.29, 0.717) is 41.4 Å². The molecule has 2 heterocycles. The van der Waals surface area contributed by atoms with E-state index in [4.69, 9.17) is 16.3 Å². The van der Waals surface area contributed by atoms with Crippen LogP contribution in [0.5, 0.6) is 5.75 Å². The number of carboxylic acids is 1. The molecule has 0 aliphatic carbocycles. The van der Waals surface area contributed by atoms with Crippen LogP contribution in [-0.4, -0.2) is 59.6 Å². The number of benzene rings is 2. The van der Waals surface area contributed by atoms with Crippen molar-refractivity contribution in [3.05, 3.63) is 75.4 Å². The Hall–Kier alpha value is -3.52. The quantitative estimate of drug-likeness (QED) is 0.623. The molecule has 2 aromatic rings. The molecule has 0 aromatic heterocycles. The highest BCUT2D eigenvalue weighted by Gasteiger charge is 2.37. The van der Waals surface area contributed by atoms with Crippen LogP contribution in [0.15, 0.2) is 53.7 Å². The lowest BCUT2D eigenvalue weighted by Gasteiger charge is -2.37. The second kappa shape index (κ2) is 9.77. The van der Waals surface area contributed by atoms with Gasteiger partial charge in [-0.1, -0.05) is 23.7 Å². The number of rotatable bonds is 7. The first-order valence-corrected chi connectivity index (χ1v) is 11.4. The van der Waals surface area contributed by atoms with Crippen LogP contribution in [-0.2, 0) is 11.2 Å². The Labute approximate surface area is 202 Å². The molecule has 9 heteroatoms. The van der Waals surface area contributed by atoms with Crippen LogP contribution in [0, 0.1) is 0 Å². The van der Waals surface area contributed by atoms with Gasteiger partial charge in [0.15, 0.2) is 0 Å². The van der Waals surface area contributed by atoms with Crippen LogP contribution in [0.1, 0.15) is 40.9 Å². The fourth-order valence-electron chi connectivity index (χ4n) is 4.43. The standard InChI is InChI=1S/C25H26ClN3O5/c1-15-21(24(31)32)22(17-5-3-6-19(26)14-17)29(25(33)27-15)11-4-10-28(2)23(30)18-7-8-20-16(13-18)9-12-34-20/h3,5-8,13-14,22H,4,9-12H2,1-2H3,(H,27,33)(H,31,32). The predicted octanol–water partition coefficient (Wildman–Crippen LogP) is 3.86. The smallest absolute Gasteiger partial charge is 0.335 e. The summed E-state index contributed by atoms with van der Waals surface area (Å²) in [6, 6.07) is 11.1. The van der Waals surface area contributed by atoms with Gasteiger partial charge in [-0.2, -0.15) is 0 Å². The van der Waals surface area contributed by atoms with Crippen molar-refractivity contribution < 1.29 is 24.2 Å². The molecule has 8 nitrogen and oxygen atoms in total. The Balaban J connectivity index is 1.48. The van der Waals surface area contributed by atoms with E-state index >= 15 is 0 Å². The molecular weight excluding hydrogens is 458 g/mol. The van der Waals surface area contributed by atoms with Gasteiger partial charge >= 0.3 is 12.0 Å². The molecule has 4 rings (SSSR count). The summed E-state index contributed by atoms with van der Waals surface area (Å²) in [7, 11) is 1.71. The second-order valence-electron chi connectivity index (χ2n) is 8.43. The number of urea groups is 1.